The van der Waals surface area contributed by atoms with Crippen molar-refractivity contribution in [3.63, 3.8) is 0 Å². The molecule has 0 aliphatic heterocycles. The van der Waals surface area contributed by atoms with Crippen LogP contribution in [0.1, 0.15) is 89.5 Å². The summed E-state index contributed by atoms with van der Waals surface area (Å²) in [5.74, 6) is 0. The van der Waals surface area contributed by atoms with Crippen molar-refractivity contribution in [1.82, 2.24) is 0 Å². The molecule has 0 unspecified atom stereocenters. The van der Waals surface area contributed by atoms with Gasteiger partial charge in [0.15, 0.2) is 12.7 Å². The Labute approximate surface area is 162 Å². The second-order valence-electron chi connectivity index (χ2n) is 7.88. The molecule has 1 aromatic rings. The van der Waals surface area contributed by atoms with Crippen LogP contribution in [-0.2, 0) is 6.16 Å². The summed E-state index contributed by atoms with van der Waals surface area (Å²) >= 11 is 0. The van der Waals surface area contributed by atoms with Crippen LogP contribution in [0.5, 0.6) is 0 Å². The molecular formula is C23H42O2P+. The van der Waals surface area contributed by atoms with E-state index in [4.69, 9.17) is 0 Å². The Balaban J connectivity index is 2.08. The van der Waals surface area contributed by atoms with Crippen LogP contribution in [0.25, 0.3) is 0 Å². The van der Waals surface area contributed by atoms with Gasteiger partial charge < -0.3 is 10.2 Å². The van der Waals surface area contributed by atoms with Crippen molar-refractivity contribution >= 4 is 7.26 Å². The van der Waals surface area contributed by atoms with Crippen LogP contribution in [0.15, 0.2) is 30.3 Å². The van der Waals surface area contributed by atoms with Gasteiger partial charge in [0.25, 0.3) is 0 Å². The Morgan fingerprint density at radius 1 is 0.654 bits per heavy atom. The normalized spacial score (nSPS) is 11.8. The first-order valence-corrected chi connectivity index (χ1v) is 13.4. The van der Waals surface area contributed by atoms with E-state index in [0.717, 1.165) is 18.7 Å². The highest BCUT2D eigenvalue weighted by Crippen LogP contribution is 2.60. The first-order chi connectivity index (χ1) is 12.8. The van der Waals surface area contributed by atoms with Crippen molar-refractivity contribution in [3.8, 4) is 0 Å². The Bertz CT molecular complexity index is 417. The third-order valence-electron chi connectivity index (χ3n) is 5.45. The molecule has 0 saturated carbocycles. The molecule has 0 atom stereocenters. The monoisotopic (exact) mass is 381 g/mol. The van der Waals surface area contributed by atoms with Gasteiger partial charge in [0.05, 0.1) is 19.6 Å². The predicted octanol–water partition coefficient (Wildman–Crippen LogP) is 6.80. The van der Waals surface area contributed by atoms with Gasteiger partial charge in [0.2, 0.25) is 0 Å². The number of aliphatic hydroxyl groups is 2. The second kappa shape index (κ2) is 15.6. The average molecular weight is 382 g/mol. The van der Waals surface area contributed by atoms with Crippen LogP contribution in [0.3, 0.4) is 0 Å². The summed E-state index contributed by atoms with van der Waals surface area (Å²) < 4.78 is 0. The van der Waals surface area contributed by atoms with Gasteiger partial charge in [-0.15, -0.1) is 0 Å². The zero-order valence-corrected chi connectivity index (χ0v) is 17.9. The van der Waals surface area contributed by atoms with E-state index in [0.29, 0.717) is 0 Å². The molecule has 2 N–H and O–H groups in total. The van der Waals surface area contributed by atoms with Crippen LogP contribution < -0.4 is 0 Å². The van der Waals surface area contributed by atoms with E-state index in [1.165, 1.54) is 76.2 Å². The summed E-state index contributed by atoms with van der Waals surface area (Å²) in [6.45, 7) is 2.27. The van der Waals surface area contributed by atoms with E-state index in [-0.39, 0.29) is 12.7 Å². The maximum absolute atomic E-state index is 9.90. The van der Waals surface area contributed by atoms with Crippen molar-refractivity contribution in [2.75, 3.05) is 18.9 Å². The molecule has 2 nitrogen and oxygen atoms in total. The first-order valence-electron chi connectivity index (χ1n) is 10.9. The summed E-state index contributed by atoms with van der Waals surface area (Å²) in [5, 5.41) is 19.8. The largest absolute Gasteiger partial charge is 0.362 e. The molecule has 0 aliphatic carbocycles. The molecule has 0 spiro atoms. The van der Waals surface area contributed by atoms with E-state index in [2.05, 4.69) is 19.1 Å². The van der Waals surface area contributed by atoms with Gasteiger partial charge in [-0.3, -0.25) is 0 Å². The van der Waals surface area contributed by atoms with Gasteiger partial charge in [-0.25, -0.2) is 0 Å². The summed E-state index contributed by atoms with van der Waals surface area (Å²) in [5.41, 5.74) is 1.25. The summed E-state index contributed by atoms with van der Waals surface area (Å²) in [7, 11) is -1.65. The van der Waals surface area contributed by atoms with Gasteiger partial charge in [-0.2, -0.15) is 0 Å². The lowest BCUT2D eigenvalue weighted by Gasteiger charge is -2.23. The van der Waals surface area contributed by atoms with E-state index < -0.39 is 7.26 Å². The fraction of sp³-hybridized carbons (Fsp3) is 0.739. The van der Waals surface area contributed by atoms with Crippen LogP contribution in [-0.4, -0.2) is 29.1 Å². The maximum atomic E-state index is 9.90. The smallest absolute Gasteiger partial charge is 0.156 e. The lowest BCUT2D eigenvalue weighted by molar-refractivity contribution is 0.336. The van der Waals surface area contributed by atoms with Crippen LogP contribution in [0.2, 0.25) is 0 Å². The highest BCUT2D eigenvalue weighted by Gasteiger charge is 2.35. The number of aliphatic hydroxyl groups excluding tert-OH is 2. The van der Waals surface area contributed by atoms with Crippen LogP contribution in [0.4, 0.5) is 0 Å². The number of benzene rings is 1. The standard InChI is InChI=1S/C23H42O2P/c1-2-3-4-5-6-7-8-9-10-11-12-16-19-26(21-24,22-25)20-23-17-14-13-15-18-23/h13-15,17-18,24-25H,2-12,16,19-22H2,1H3/q+1. The van der Waals surface area contributed by atoms with Crippen LogP contribution in [0, 0.1) is 0 Å². The topological polar surface area (TPSA) is 40.5 Å². The summed E-state index contributed by atoms with van der Waals surface area (Å²) in [4.78, 5) is 0. The van der Waals surface area contributed by atoms with Gasteiger partial charge in [-0.05, 0) is 18.4 Å². The highest BCUT2D eigenvalue weighted by atomic mass is 31.2. The predicted molar refractivity (Wildman–Crippen MR) is 117 cm³/mol. The molecule has 0 heterocycles. The van der Waals surface area contributed by atoms with Gasteiger partial charge in [-0.1, -0.05) is 101 Å². The SMILES string of the molecule is CCCCCCCCCCCCCC[P+](CO)(CO)Cc1ccccc1. The fourth-order valence-corrected chi connectivity index (χ4v) is 6.23. The molecule has 0 bridgehead atoms. The summed E-state index contributed by atoms with van der Waals surface area (Å²) in [6, 6.07) is 10.3. The van der Waals surface area contributed by atoms with Gasteiger partial charge in [0.1, 0.15) is 0 Å². The lowest BCUT2D eigenvalue weighted by Crippen LogP contribution is -2.10. The molecule has 0 aliphatic rings. The van der Waals surface area contributed by atoms with Gasteiger partial charge >= 0.3 is 0 Å². The first kappa shape index (κ1) is 23.6. The third kappa shape index (κ3) is 10.7. The van der Waals surface area contributed by atoms with Crippen molar-refractivity contribution in [2.45, 2.75) is 90.1 Å². The fourth-order valence-electron chi connectivity index (χ4n) is 3.62. The van der Waals surface area contributed by atoms with Crippen molar-refractivity contribution < 1.29 is 10.2 Å². The number of unbranched alkanes of at least 4 members (excludes halogenated alkanes) is 11. The van der Waals surface area contributed by atoms with Gasteiger partial charge in [0, 0.05) is 0 Å². The van der Waals surface area contributed by atoms with Crippen molar-refractivity contribution in [3.05, 3.63) is 35.9 Å². The minimum atomic E-state index is -1.65. The van der Waals surface area contributed by atoms with E-state index in [1.807, 2.05) is 18.2 Å². The van der Waals surface area contributed by atoms with E-state index >= 15 is 0 Å². The molecule has 1 rings (SSSR count). The van der Waals surface area contributed by atoms with E-state index in [9.17, 15) is 10.2 Å². The second-order valence-corrected chi connectivity index (χ2v) is 11.9. The molecule has 0 saturated heterocycles. The van der Waals surface area contributed by atoms with Crippen LogP contribution >= 0.6 is 7.26 Å². The Hall–Kier alpha value is -0.430. The number of hydrogen-bond acceptors (Lipinski definition) is 2. The molecular weight excluding hydrogens is 339 g/mol. The molecule has 0 aromatic heterocycles. The molecule has 1 aromatic carbocycles. The molecule has 3 heteroatoms. The number of hydrogen-bond donors (Lipinski definition) is 2. The Kier molecular flexibility index (Phi) is 14.2. The quantitative estimate of drug-likeness (QED) is 0.230. The molecule has 0 radical (unpaired) electrons. The van der Waals surface area contributed by atoms with Crippen molar-refractivity contribution in [2.24, 2.45) is 0 Å². The molecule has 150 valence electrons. The average Bonchev–Trinajstić information content (AvgIpc) is 2.68. The Morgan fingerprint density at radius 3 is 1.58 bits per heavy atom. The zero-order chi connectivity index (χ0) is 18.9. The number of rotatable bonds is 17. The van der Waals surface area contributed by atoms with Crippen molar-refractivity contribution in [1.29, 1.82) is 0 Å². The molecule has 0 fully saturated rings. The summed E-state index contributed by atoms with van der Waals surface area (Å²) in [6.07, 6.45) is 18.5. The lowest BCUT2D eigenvalue weighted by atomic mass is 10.1. The zero-order valence-electron chi connectivity index (χ0n) is 17.0. The third-order valence-corrected chi connectivity index (χ3v) is 8.95. The Morgan fingerprint density at radius 2 is 1.12 bits per heavy atom. The molecule has 26 heavy (non-hydrogen) atoms. The maximum Gasteiger partial charge on any atom is 0.156 e. The minimum absolute atomic E-state index is 0.177. The minimum Gasteiger partial charge on any atom is -0.362 e. The molecule has 0 amide bonds. The van der Waals surface area contributed by atoms with E-state index in [1.54, 1.807) is 0 Å². The highest BCUT2D eigenvalue weighted by molar-refractivity contribution is 7.74.